The van der Waals surface area contributed by atoms with Gasteiger partial charge in [0, 0.05) is 19.0 Å². The standard InChI is InChI=1S/C12H17N3O4/c16-11(17)9-2-1-8(7-9)10-13-12(14-19-10)15-3-5-18-6-4-15/h8-9H,1-7H2,(H,16,17). The highest BCUT2D eigenvalue weighted by Crippen LogP contribution is 2.38. The van der Waals surface area contributed by atoms with Crippen LogP contribution in [0.1, 0.15) is 31.1 Å². The Bertz CT molecular complexity index is 456. The van der Waals surface area contributed by atoms with E-state index in [0.717, 1.165) is 19.5 Å². The van der Waals surface area contributed by atoms with Crippen LogP contribution in [0.2, 0.25) is 0 Å². The number of nitrogens with zero attached hydrogens (tertiary/aromatic N) is 3. The van der Waals surface area contributed by atoms with E-state index in [1.807, 2.05) is 4.90 Å². The maximum absolute atomic E-state index is 10.9. The number of aliphatic carboxylic acids is 1. The highest BCUT2D eigenvalue weighted by atomic mass is 16.5. The second-order valence-corrected chi connectivity index (χ2v) is 5.08. The molecule has 1 saturated heterocycles. The third-order valence-electron chi connectivity index (χ3n) is 3.86. The van der Waals surface area contributed by atoms with Crippen molar-refractivity contribution in [1.82, 2.24) is 10.1 Å². The van der Waals surface area contributed by atoms with Gasteiger partial charge < -0.3 is 19.3 Å². The average Bonchev–Trinajstić information content (AvgIpc) is 3.09. The molecule has 0 bridgehead atoms. The monoisotopic (exact) mass is 267 g/mol. The molecular formula is C12H17N3O4. The second-order valence-electron chi connectivity index (χ2n) is 5.08. The first-order valence-corrected chi connectivity index (χ1v) is 6.63. The molecule has 3 rings (SSSR count). The Morgan fingerprint density at radius 3 is 2.79 bits per heavy atom. The molecule has 1 saturated carbocycles. The number of hydrogen-bond donors (Lipinski definition) is 1. The number of anilines is 1. The van der Waals surface area contributed by atoms with Gasteiger partial charge in [0.2, 0.25) is 5.89 Å². The lowest BCUT2D eigenvalue weighted by Crippen LogP contribution is -2.36. The largest absolute Gasteiger partial charge is 0.481 e. The van der Waals surface area contributed by atoms with Crippen molar-refractivity contribution >= 4 is 11.9 Å². The van der Waals surface area contributed by atoms with Gasteiger partial charge in [0.15, 0.2) is 0 Å². The summed E-state index contributed by atoms with van der Waals surface area (Å²) in [4.78, 5) is 17.4. The van der Waals surface area contributed by atoms with Gasteiger partial charge in [-0.1, -0.05) is 0 Å². The summed E-state index contributed by atoms with van der Waals surface area (Å²) in [6.45, 7) is 2.88. The molecule has 0 amide bonds. The summed E-state index contributed by atoms with van der Waals surface area (Å²) in [5.41, 5.74) is 0. The maximum atomic E-state index is 10.9. The number of rotatable bonds is 3. The summed E-state index contributed by atoms with van der Waals surface area (Å²) in [7, 11) is 0. The highest BCUT2D eigenvalue weighted by molar-refractivity contribution is 5.70. The zero-order valence-electron chi connectivity index (χ0n) is 10.6. The molecule has 1 aliphatic carbocycles. The normalized spacial score (nSPS) is 27.7. The Kier molecular flexibility index (Phi) is 3.37. The van der Waals surface area contributed by atoms with E-state index in [9.17, 15) is 4.79 Å². The molecule has 2 unspecified atom stereocenters. The van der Waals surface area contributed by atoms with Crippen LogP contribution >= 0.6 is 0 Å². The van der Waals surface area contributed by atoms with Crippen LogP contribution in [0.4, 0.5) is 5.95 Å². The molecule has 7 nitrogen and oxygen atoms in total. The highest BCUT2D eigenvalue weighted by Gasteiger charge is 2.34. The zero-order chi connectivity index (χ0) is 13.2. The van der Waals surface area contributed by atoms with Crippen molar-refractivity contribution < 1.29 is 19.2 Å². The zero-order valence-corrected chi connectivity index (χ0v) is 10.6. The average molecular weight is 267 g/mol. The number of carbonyl (C=O) groups is 1. The molecule has 19 heavy (non-hydrogen) atoms. The fourth-order valence-corrected chi connectivity index (χ4v) is 2.71. The molecule has 2 atom stereocenters. The summed E-state index contributed by atoms with van der Waals surface area (Å²) in [5.74, 6) is 0.255. The molecule has 1 aromatic rings. The van der Waals surface area contributed by atoms with Crippen molar-refractivity contribution in [2.75, 3.05) is 31.2 Å². The van der Waals surface area contributed by atoms with Crippen molar-refractivity contribution in [1.29, 1.82) is 0 Å². The van der Waals surface area contributed by atoms with Crippen molar-refractivity contribution in [3.8, 4) is 0 Å². The van der Waals surface area contributed by atoms with E-state index in [4.69, 9.17) is 14.4 Å². The van der Waals surface area contributed by atoms with Crippen LogP contribution in [0, 0.1) is 5.92 Å². The van der Waals surface area contributed by atoms with Gasteiger partial charge in [-0.05, 0) is 24.4 Å². The van der Waals surface area contributed by atoms with E-state index in [0.29, 0.717) is 37.9 Å². The molecule has 0 aromatic carbocycles. The SMILES string of the molecule is O=C(O)C1CCC(c2nc(N3CCOCC3)no2)C1. The number of carboxylic acid groups (broad SMARTS) is 1. The van der Waals surface area contributed by atoms with Gasteiger partial charge in [-0.25, -0.2) is 0 Å². The third kappa shape index (κ3) is 2.56. The molecule has 0 radical (unpaired) electrons. The van der Waals surface area contributed by atoms with Crippen LogP contribution in [0.5, 0.6) is 0 Å². The van der Waals surface area contributed by atoms with Gasteiger partial charge in [-0.3, -0.25) is 4.79 Å². The molecule has 1 aromatic heterocycles. The van der Waals surface area contributed by atoms with E-state index >= 15 is 0 Å². The molecule has 0 spiro atoms. The smallest absolute Gasteiger partial charge is 0.306 e. The molecule has 2 heterocycles. The lowest BCUT2D eigenvalue weighted by molar-refractivity contribution is -0.141. The Balaban J connectivity index is 1.66. The number of carboxylic acids is 1. The number of ether oxygens (including phenoxy) is 1. The topological polar surface area (TPSA) is 88.7 Å². The molecule has 1 aliphatic heterocycles. The Hall–Kier alpha value is -1.63. The molecule has 104 valence electrons. The second kappa shape index (κ2) is 5.16. The maximum Gasteiger partial charge on any atom is 0.306 e. The summed E-state index contributed by atoms with van der Waals surface area (Å²) in [5, 5.41) is 13.0. The lowest BCUT2D eigenvalue weighted by Gasteiger charge is -2.24. The van der Waals surface area contributed by atoms with Crippen molar-refractivity contribution in [3.63, 3.8) is 0 Å². The van der Waals surface area contributed by atoms with Crippen LogP contribution in [0.25, 0.3) is 0 Å². The predicted molar refractivity (Wildman–Crippen MR) is 65.0 cm³/mol. The predicted octanol–water partition coefficient (Wildman–Crippen LogP) is 0.874. The minimum absolute atomic E-state index is 0.0865. The fraction of sp³-hybridized carbons (Fsp3) is 0.750. The van der Waals surface area contributed by atoms with Crippen molar-refractivity contribution in [2.24, 2.45) is 5.92 Å². The van der Waals surface area contributed by atoms with E-state index < -0.39 is 5.97 Å². The first kappa shape index (κ1) is 12.4. The van der Waals surface area contributed by atoms with Crippen molar-refractivity contribution in [3.05, 3.63) is 5.89 Å². The lowest BCUT2D eigenvalue weighted by atomic mass is 10.1. The molecule has 2 aliphatic rings. The van der Waals surface area contributed by atoms with Gasteiger partial charge in [-0.2, -0.15) is 4.98 Å². The first-order chi connectivity index (χ1) is 9.24. The molecular weight excluding hydrogens is 250 g/mol. The number of hydrogen-bond acceptors (Lipinski definition) is 6. The first-order valence-electron chi connectivity index (χ1n) is 6.63. The molecule has 2 fully saturated rings. The quantitative estimate of drug-likeness (QED) is 0.869. The minimum Gasteiger partial charge on any atom is -0.481 e. The summed E-state index contributed by atoms with van der Waals surface area (Å²) < 4.78 is 10.6. The number of morpholine rings is 1. The minimum atomic E-state index is -0.726. The van der Waals surface area contributed by atoms with E-state index in [1.54, 1.807) is 0 Å². The van der Waals surface area contributed by atoms with Gasteiger partial charge in [-0.15, -0.1) is 0 Å². The summed E-state index contributed by atoms with van der Waals surface area (Å²) in [6.07, 6.45) is 2.09. The van der Waals surface area contributed by atoms with E-state index in [1.165, 1.54) is 0 Å². The fourth-order valence-electron chi connectivity index (χ4n) is 2.71. The van der Waals surface area contributed by atoms with Gasteiger partial charge in [0.25, 0.3) is 5.95 Å². The third-order valence-corrected chi connectivity index (χ3v) is 3.86. The van der Waals surface area contributed by atoms with Crippen LogP contribution in [0.3, 0.4) is 0 Å². The van der Waals surface area contributed by atoms with Gasteiger partial charge in [0.1, 0.15) is 0 Å². The van der Waals surface area contributed by atoms with E-state index in [2.05, 4.69) is 10.1 Å². The Morgan fingerprint density at radius 2 is 2.11 bits per heavy atom. The van der Waals surface area contributed by atoms with Gasteiger partial charge >= 0.3 is 5.97 Å². The van der Waals surface area contributed by atoms with Crippen LogP contribution < -0.4 is 4.90 Å². The van der Waals surface area contributed by atoms with E-state index in [-0.39, 0.29) is 11.8 Å². The van der Waals surface area contributed by atoms with Gasteiger partial charge in [0.05, 0.1) is 19.1 Å². The Morgan fingerprint density at radius 1 is 1.32 bits per heavy atom. The van der Waals surface area contributed by atoms with Crippen LogP contribution in [-0.4, -0.2) is 47.5 Å². The summed E-state index contributed by atoms with van der Waals surface area (Å²) >= 11 is 0. The number of aromatic nitrogens is 2. The van der Waals surface area contributed by atoms with Crippen LogP contribution in [-0.2, 0) is 9.53 Å². The van der Waals surface area contributed by atoms with Crippen molar-refractivity contribution in [2.45, 2.75) is 25.2 Å². The Labute approximate surface area is 110 Å². The molecule has 7 heteroatoms. The molecule has 1 N–H and O–H groups in total. The summed E-state index contributed by atoms with van der Waals surface area (Å²) in [6, 6.07) is 0. The van der Waals surface area contributed by atoms with Crippen LogP contribution in [0.15, 0.2) is 4.52 Å².